The van der Waals surface area contributed by atoms with Gasteiger partial charge in [-0.1, -0.05) is 5.16 Å². The Morgan fingerprint density at radius 1 is 1.26 bits per heavy atom. The molecule has 0 unspecified atom stereocenters. The standard InChI is InChI=1S/C16H24N6O/c1-12-9-21(10-14-18-16(23-19-14)13-3-4-13)7-8-22(12)11-15-17-5-6-20(15)2/h5-6,12-13H,3-4,7-11H2,1-2H3/t12-/m0/s1. The van der Waals surface area contributed by atoms with Gasteiger partial charge in [0.2, 0.25) is 5.89 Å². The Labute approximate surface area is 136 Å². The van der Waals surface area contributed by atoms with Gasteiger partial charge in [-0.05, 0) is 19.8 Å². The third kappa shape index (κ3) is 3.30. The van der Waals surface area contributed by atoms with E-state index in [9.17, 15) is 0 Å². The zero-order valence-electron chi connectivity index (χ0n) is 13.9. The molecule has 4 rings (SSSR count). The molecule has 0 bridgehead atoms. The highest BCUT2D eigenvalue weighted by atomic mass is 16.5. The molecule has 1 saturated heterocycles. The lowest BCUT2D eigenvalue weighted by atomic mass is 10.2. The fourth-order valence-corrected chi connectivity index (χ4v) is 3.21. The van der Waals surface area contributed by atoms with Crippen LogP contribution in [0.2, 0.25) is 0 Å². The van der Waals surface area contributed by atoms with Crippen LogP contribution in [-0.4, -0.2) is 55.2 Å². The van der Waals surface area contributed by atoms with E-state index in [-0.39, 0.29) is 0 Å². The highest BCUT2D eigenvalue weighted by Crippen LogP contribution is 2.38. The van der Waals surface area contributed by atoms with Crippen molar-refractivity contribution in [3.63, 3.8) is 0 Å². The summed E-state index contributed by atoms with van der Waals surface area (Å²) in [5.74, 6) is 3.32. The largest absolute Gasteiger partial charge is 0.339 e. The van der Waals surface area contributed by atoms with Crippen molar-refractivity contribution in [2.45, 2.75) is 44.8 Å². The molecule has 0 aromatic carbocycles. The molecular weight excluding hydrogens is 292 g/mol. The van der Waals surface area contributed by atoms with Crippen LogP contribution in [-0.2, 0) is 20.1 Å². The molecule has 1 atom stereocenters. The van der Waals surface area contributed by atoms with Crippen LogP contribution < -0.4 is 0 Å². The van der Waals surface area contributed by atoms with Crippen LogP contribution in [0.25, 0.3) is 0 Å². The van der Waals surface area contributed by atoms with Crippen LogP contribution in [0.1, 0.15) is 43.2 Å². The molecule has 0 spiro atoms. The molecule has 124 valence electrons. The molecule has 3 heterocycles. The van der Waals surface area contributed by atoms with E-state index in [0.717, 1.165) is 50.3 Å². The summed E-state index contributed by atoms with van der Waals surface area (Å²) >= 11 is 0. The lowest BCUT2D eigenvalue weighted by Crippen LogP contribution is -2.51. The van der Waals surface area contributed by atoms with Crippen LogP contribution in [0.3, 0.4) is 0 Å². The van der Waals surface area contributed by atoms with Crippen molar-refractivity contribution in [1.29, 1.82) is 0 Å². The first-order valence-corrected chi connectivity index (χ1v) is 8.44. The Kier molecular flexibility index (Phi) is 3.90. The molecule has 0 amide bonds. The Morgan fingerprint density at radius 3 is 2.83 bits per heavy atom. The van der Waals surface area contributed by atoms with Gasteiger partial charge in [-0.3, -0.25) is 9.80 Å². The molecule has 7 heteroatoms. The predicted octanol–water partition coefficient (Wildman–Crippen LogP) is 1.39. The van der Waals surface area contributed by atoms with Crippen LogP contribution in [0.15, 0.2) is 16.9 Å². The maximum atomic E-state index is 5.35. The van der Waals surface area contributed by atoms with Crippen LogP contribution in [0.5, 0.6) is 0 Å². The van der Waals surface area contributed by atoms with Crippen LogP contribution >= 0.6 is 0 Å². The first-order chi connectivity index (χ1) is 11.2. The zero-order valence-corrected chi connectivity index (χ0v) is 13.9. The van der Waals surface area contributed by atoms with Crippen molar-refractivity contribution >= 4 is 0 Å². The molecule has 2 aliphatic rings. The maximum Gasteiger partial charge on any atom is 0.229 e. The van der Waals surface area contributed by atoms with E-state index in [1.807, 2.05) is 12.4 Å². The molecule has 1 aliphatic heterocycles. The number of aryl methyl sites for hydroxylation is 1. The van der Waals surface area contributed by atoms with Crippen molar-refractivity contribution in [2.75, 3.05) is 19.6 Å². The second-order valence-electron chi connectivity index (χ2n) is 6.83. The quantitative estimate of drug-likeness (QED) is 0.830. The number of imidazole rings is 1. The Bertz CT molecular complexity index is 661. The fraction of sp³-hybridized carbons (Fsp3) is 0.688. The van der Waals surface area contributed by atoms with E-state index in [1.165, 1.54) is 12.8 Å². The van der Waals surface area contributed by atoms with Crippen molar-refractivity contribution in [1.82, 2.24) is 29.5 Å². The lowest BCUT2D eigenvalue weighted by Gasteiger charge is -2.39. The third-order valence-corrected chi connectivity index (χ3v) is 4.89. The molecule has 7 nitrogen and oxygen atoms in total. The number of nitrogens with zero attached hydrogens (tertiary/aromatic N) is 6. The van der Waals surface area contributed by atoms with Gasteiger partial charge in [0.05, 0.1) is 13.1 Å². The van der Waals surface area contributed by atoms with Crippen molar-refractivity contribution < 1.29 is 4.52 Å². The minimum absolute atomic E-state index is 0.496. The molecule has 23 heavy (non-hydrogen) atoms. The summed E-state index contributed by atoms with van der Waals surface area (Å²) in [5.41, 5.74) is 0. The van der Waals surface area contributed by atoms with Crippen molar-refractivity contribution in [2.24, 2.45) is 7.05 Å². The number of rotatable bonds is 5. The van der Waals surface area contributed by atoms with Gasteiger partial charge in [0.25, 0.3) is 0 Å². The summed E-state index contributed by atoms with van der Waals surface area (Å²) in [6.45, 7) is 7.07. The first-order valence-electron chi connectivity index (χ1n) is 8.44. The van der Waals surface area contributed by atoms with E-state index < -0.39 is 0 Å². The SMILES string of the molecule is C[C@H]1CN(Cc2noc(C3CC3)n2)CCN1Cc1nccn1C. The number of hydrogen-bond donors (Lipinski definition) is 0. The minimum Gasteiger partial charge on any atom is -0.339 e. The van der Waals surface area contributed by atoms with E-state index in [1.54, 1.807) is 0 Å². The zero-order chi connectivity index (χ0) is 15.8. The van der Waals surface area contributed by atoms with Gasteiger partial charge in [0, 0.05) is 51.0 Å². The minimum atomic E-state index is 0.496. The maximum absolute atomic E-state index is 5.35. The molecule has 1 saturated carbocycles. The van der Waals surface area contributed by atoms with Crippen molar-refractivity contribution in [3.8, 4) is 0 Å². The fourth-order valence-electron chi connectivity index (χ4n) is 3.21. The topological polar surface area (TPSA) is 63.2 Å². The summed E-state index contributed by atoms with van der Waals surface area (Å²) in [4.78, 5) is 13.9. The summed E-state index contributed by atoms with van der Waals surface area (Å²) in [7, 11) is 2.05. The van der Waals surface area contributed by atoms with Crippen LogP contribution in [0, 0.1) is 0 Å². The molecule has 2 fully saturated rings. The summed E-state index contributed by atoms with van der Waals surface area (Å²) in [6, 6.07) is 0.496. The van der Waals surface area contributed by atoms with E-state index in [0.29, 0.717) is 12.0 Å². The monoisotopic (exact) mass is 316 g/mol. The van der Waals surface area contributed by atoms with Gasteiger partial charge in [-0.2, -0.15) is 4.98 Å². The molecular formula is C16H24N6O. The second kappa shape index (κ2) is 6.05. The van der Waals surface area contributed by atoms with Gasteiger partial charge < -0.3 is 9.09 Å². The number of piperazine rings is 1. The Morgan fingerprint density at radius 2 is 2.13 bits per heavy atom. The van der Waals surface area contributed by atoms with E-state index in [4.69, 9.17) is 4.52 Å². The van der Waals surface area contributed by atoms with Crippen molar-refractivity contribution in [3.05, 3.63) is 29.9 Å². The first kappa shape index (κ1) is 14.8. The lowest BCUT2D eigenvalue weighted by molar-refractivity contribution is 0.0688. The smallest absolute Gasteiger partial charge is 0.229 e. The summed E-state index contributed by atoms with van der Waals surface area (Å²) < 4.78 is 7.45. The molecule has 0 radical (unpaired) electrons. The Hall–Kier alpha value is -1.73. The Balaban J connectivity index is 1.32. The molecule has 2 aromatic heterocycles. The van der Waals surface area contributed by atoms with E-state index in [2.05, 4.69) is 43.5 Å². The number of hydrogen-bond acceptors (Lipinski definition) is 6. The summed E-state index contributed by atoms with van der Waals surface area (Å²) in [5, 5.41) is 4.13. The van der Waals surface area contributed by atoms with Gasteiger partial charge in [0.1, 0.15) is 5.82 Å². The number of aromatic nitrogens is 4. The molecule has 2 aromatic rings. The predicted molar refractivity (Wildman–Crippen MR) is 84.6 cm³/mol. The van der Waals surface area contributed by atoms with Gasteiger partial charge in [-0.25, -0.2) is 4.98 Å². The third-order valence-electron chi connectivity index (χ3n) is 4.89. The highest BCUT2D eigenvalue weighted by molar-refractivity contribution is 5.02. The average Bonchev–Trinajstić information content (AvgIpc) is 3.15. The van der Waals surface area contributed by atoms with Crippen LogP contribution in [0.4, 0.5) is 0 Å². The van der Waals surface area contributed by atoms with E-state index >= 15 is 0 Å². The van der Waals surface area contributed by atoms with Gasteiger partial charge >= 0.3 is 0 Å². The van der Waals surface area contributed by atoms with Gasteiger partial charge in [-0.15, -0.1) is 0 Å². The second-order valence-corrected chi connectivity index (χ2v) is 6.83. The van der Waals surface area contributed by atoms with Gasteiger partial charge in [0.15, 0.2) is 5.82 Å². The molecule has 1 aliphatic carbocycles. The summed E-state index contributed by atoms with van der Waals surface area (Å²) in [6.07, 6.45) is 6.27. The highest BCUT2D eigenvalue weighted by Gasteiger charge is 2.30. The normalized spacial score (nSPS) is 23.5. The molecule has 0 N–H and O–H groups in total. The average molecular weight is 316 g/mol.